The Hall–Kier alpha value is -0.820. The molecule has 1 rings (SSSR count). The molecule has 0 heterocycles. The Morgan fingerprint density at radius 3 is 2.61 bits per heavy atom. The maximum atomic E-state index is 11.1. The summed E-state index contributed by atoms with van der Waals surface area (Å²) in [6, 6.07) is 4.13. The fourth-order valence-corrected chi connectivity index (χ4v) is 2.14. The molecule has 0 spiro atoms. The Bertz CT molecular complexity index is 504. The van der Waals surface area contributed by atoms with E-state index in [2.05, 4.69) is 0 Å². The van der Waals surface area contributed by atoms with Gasteiger partial charge in [-0.05, 0) is 25.1 Å². The Morgan fingerprint density at radius 2 is 2.11 bits per heavy atom. The van der Waals surface area contributed by atoms with Crippen LogP contribution < -0.4 is 9.88 Å². The van der Waals surface area contributed by atoms with Crippen LogP contribution in [0.5, 0.6) is 5.75 Å². The smallest absolute Gasteiger partial charge is 0.238 e. The largest absolute Gasteiger partial charge is 0.489 e. The number of methoxy groups -OCH3 is 1. The molecular weight excluding hydrogens is 278 g/mol. The predicted octanol–water partition coefficient (Wildman–Crippen LogP) is 1.79. The molecule has 0 saturated carbocycles. The molecular formula is C11H16ClNO4S. The molecule has 18 heavy (non-hydrogen) atoms. The minimum Gasteiger partial charge on any atom is -0.489 e. The van der Waals surface area contributed by atoms with Crippen LogP contribution in [-0.4, -0.2) is 28.2 Å². The molecule has 1 aromatic rings. The second-order valence-corrected chi connectivity index (χ2v) is 5.82. The summed E-state index contributed by atoms with van der Waals surface area (Å²) in [6.07, 6.45) is 0.631. The van der Waals surface area contributed by atoms with E-state index < -0.39 is 10.0 Å². The van der Waals surface area contributed by atoms with Crippen molar-refractivity contribution in [2.24, 2.45) is 5.14 Å². The van der Waals surface area contributed by atoms with Gasteiger partial charge in [0.25, 0.3) is 0 Å². The van der Waals surface area contributed by atoms with Gasteiger partial charge in [-0.25, -0.2) is 13.6 Å². The summed E-state index contributed by atoms with van der Waals surface area (Å²) in [4.78, 5) is -0.0376. The highest BCUT2D eigenvalue weighted by Crippen LogP contribution is 2.28. The molecule has 1 aromatic carbocycles. The van der Waals surface area contributed by atoms with Crippen molar-refractivity contribution in [3.8, 4) is 5.75 Å². The average Bonchev–Trinajstić information content (AvgIpc) is 2.27. The number of sulfonamides is 1. The number of hydrogen-bond acceptors (Lipinski definition) is 4. The van der Waals surface area contributed by atoms with Crippen molar-refractivity contribution in [1.82, 2.24) is 0 Å². The van der Waals surface area contributed by atoms with Crippen LogP contribution in [0.25, 0.3) is 0 Å². The lowest BCUT2D eigenvalue weighted by molar-refractivity contribution is 0.135. The van der Waals surface area contributed by atoms with Gasteiger partial charge in [0.2, 0.25) is 10.0 Å². The van der Waals surface area contributed by atoms with Crippen molar-refractivity contribution in [3.05, 3.63) is 23.2 Å². The first-order valence-corrected chi connectivity index (χ1v) is 7.25. The minimum atomic E-state index is -3.74. The van der Waals surface area contributed by atoms with Gasteiger partial charge in [0, 0.05) is 20.1 Å². The Balaban J connectivity index is 2.80. The molecule has 102 valence electrons. The van der Waals surface area contributed by atoms with Crippen LogP contribution in [0.1, 0.15) is 13.3 Å². The molecule has 0 bridgehead atoms. The number of benzene rings is 1. The highest BCUT2D eigenvalue weighted by molar-refractivity contribution is 7.89. The topological polar surface area (TPSA) is 78.6 Å². The van der Waals surface area contributed by atoms with Crippen molar-refractivity contribution in [3.63, 3.8) is 0 Å². The molecule has 0 aliphatic rings. The van der Waals surface area contributed by atoms with Crippen LogP contribution in [0.3, 0.4) is 0 Å². The summed E-state index contributed by atoms with van der Waals surface area (Å²) in [6.45, 7) is 2.46. The van der Waals surface area contributed by atoms with E-state index in [1.807, 2.05) is 6.92 Å². The van der Waals surface area contributed by atoms with Gasteiger partial charge in [-0.15, -0.1) is 0 Å². The lowest BCUT2D eigenvalue weighted by atomic mass is 10.3. The van der Waals surface area contributed by atoms with E-state index in [9.17, 15) is 8.42 Å². The Morgan fingerprint density at radius 1 is 1.44 bits per heavy atom. The number of nitrogens with two attached hydrogens (primary N) is 1. The highest BCUT2D eigenvalue weighted by Gasteiger charge is 2.13. The molecule has 0 aliphatic carbocycles. The summed E-state index contributed by atoms with van der Waals surface area (Å²) in [7, 11) is -2.13. The molecule has 2 N–H and O–H groups in total. The van der Waals surface area contributed by atoms with E-state index in [-0.39, 0.29) is 16.0 Å². The first-order valence-electron chi connectivity index (χ1n) is 5.32. The molecule has 0 aliphatic heterocycles. The first-order chi connectivity index (χ1) is 8.34. The molecule has 1 atom stereocenters. The van der Waals surface area contributed by atoms with Crippen molar-refractivity contribution in [1.29, 1.82) is 0 Å². The van der Waals surface area contributed by atoms with Gasteiger partial charge in [-0.1, -0.05) is 11.6 Å². The zero-order valence-electron chi connectivity index (χ0n) is 10.2. The van der Waals surface area contributed by atoms with Gasteiger partial charge in [-0.2, -0.15) is 0 Å². The maximum absolute atomic E-state index is 11.1. The Kier molecular flexibility index (Phi) is 5.40. The second-order valence-electron chi connectivity index (χ2n) is 3.85. The standard InChI is InChI=1S/C11H16ClNO4S/c1-8(5-6-16-2)17-11-4-3-9(7-10(11)12)18(13,14)15/h3-4,7-8H,5-6H2,1-2H3,(H2,13,14,15). The van der Waals surface area contributed by atoms with E-state index in [1.54, 1.807) is 7.11 Å². The number of halogens is 1. The fraction of sp³-hybridized carbons (Fsp3) is 0.455. The minimum absolute atomic E-state index is 0.0376. The van der Waals surface area contributed by atoms with Crippen LogP contribution in [0.4, 0.5) is 0 Å². The summed E-state index contributed by atoms with van der Waals surface area (Å²) in [5.74, 6) is 0.424. The molecule has 0 amide bonds. The summed E-state index contributed by atoms with van der Waals surface area (Å²) >= 11 is 5.94. The zero-order chi connectivity index (χ0) is 13.8. The van der Waals surface area contributed by atoms with E-state index in [1.165, 1.54) is 18.2 Å². The second kappa shape index (κ2) is 6.38. The third kappa shape index (κ3) is 4.45. The molecule has 7 heteroatoms. The highest BCUT2D eigenvalue weighted by atomic mass is 35.5. The van der Waals surface area contributed by atoms with Gasteiger partial charge >= 0.3 is 0 Å². The van der Waals surface area contributed by atoms with Gasteiger partial charge in [-0.3, -0.25) is 0 Å². The average molecular weight is 294 g/mol. The van der Waals surface area contributed by atoms with Gasteiger partial charge in [0.15, 0.2) is 0 Å². The van der Waals surface area contributed by atoms with Crippen LogP contribution in [-0.2, 0) is 14.8 Å². The van der Waals surface area contributed by atoms with E-state index in [0.717, 1.165) is 0 Å². The summed E-state index contributed by atoms with van der Waals surface area (Å²) in [5.41, 5.74) is 0. The normalized spacial score (nSPS) is 13.3. The summed E-state index contributed by atoms with van der Waals surface area (Å²) in [5, 5.41) is 5.21. The lowest BCUT2D eigenvalue weighted by Gasteiger charge is -2.15. The SMILES string of the molecule is COCCC(C)Oc1ccc(S(N)(=O)=O)cc1Cl. The molecule has 0 aromatic heterocycles. The number of primary sulfonamides is 1. The van der Waals surface area contributed by atoms with Gasteiger partial charge in [0.1, 0.15) is 5.75 Å². The quantitative estimate of drug-likeness (QED) is 0.867. The third-order valence-electron chi connectivity index (χ3n) is 2.29. The van der Waals surface area contributed by atoms with Crippen molar-refractivity contribution >= 4 is 21.6 Å². The molecule has 0 saturated heterocycles. The maximum Gasteiger partial charge on any atom is 0.238 e. The van der Waals surface area contributed by atoms with Gasteiger partial charge < -0.3 is 9.47 Å². The van der Waals surface area contributed by atoms with Crippen LogP contribution in [0, 0.1) is 0 Å². The number of hydrogen-bond donors (Lipinski definition) is 1. The first kappa shape index (κ1) is 15.2. The molecule has 0 fully saturated rings. The molecule has 5 nitrogen and oxygen atoms in total. The molecule has 1 unspecified atom stereocenters. The van der Waals surface area contributed by atoms with Gasteiger partial charge in [0.05, 0.1) is 16.0 Å². The fourth-order valence-electron chi connectivity index (χ4n) is 1.31. The Labute approximate surface area is 112 Å². The van der Waals surface area contributed by atoms with Crippen LogP contribution >= 0.6 is 11.6 Å². The van der Waals surface area contributed by atoms with Crippen LogP contribution in [0.15, 0.2) is 23.1 Å². The van der Waals surface area contributed by atoms with Crippen molar-refractivity contribution in [2.45, 2.75) is 24.3 Å². The van der Waals surface area contributed by atoms with Crippen LogP contribution in [0.2, 0.25) is 5.02 Å². The third-order valence-corrected chi connectivity index (χ3v) is 3.49. The lowest BCUT2D eigenvalue weighted by Crippen LogP contribution is -2.15. The summed E-state index contributed by atoms with van der Waals surface area (Å²) < 4.78 is 32.7. The van der Waals surface area contributed by atoms with Crippen molar-refractivity contribution in [2.75, 3.05) is 13.7 Å². The number of ether oxygens (including phenoxy) is 2. The number of rotatable bonds is 6. The monoisotopic (exact) mass is 293 g/mol. The van der Waals surface area contributed by atoms with Crippen molar-refractivity contribution < 1.29 is 17.9 Å². The van der Waals surface area contributed by atoms with E-state index in [0.29, 0.717) is 18.8 Å². The molecule has 0 radical (unpaired) electrons. The van der Waals surface area contributed by atoms with E-state index in [4.69, 9.17) is 26.2 Å². The predicted molar refractivity (Wildman–Crippen MR) is 69.4 cm³/mol. The van der Waals surface area contributed by atoms with E-state index >= 15 is 0 Å². The zero-order valence-corrected chi connectivity index (χ0v) is 11.8.